The number of carbonyl (C=O) groups is 1. The zero-order valence-corrected chi connectivity index (χ0v) is 25.4. The average molecular weight is 631 g/mol. The molecular formula is C35H26N4O6S. The predicted molar refractivity (Wildman–Crippen MR) is 179 cm³/mol. The molecule has 10 nitrogen and oxygen atoms in total. The van der Waals surface area contributed by atoms with E-state index in [-0.39, 0.29) is 21.9 Å². The molecule has 0 radical (unpaired) electrons. The maximum atomic E-state index is 13.7. The molecule has 0 aliphatic carbocycles. The molecule has 0 saturated heterocycles. The second kappa shape index (κ2) is 11.0. The summed E-state index contributed by atoms with van der Waals surface area (Å²) in [6.45, 7) is 1.84. The van der Waals surface area contributed by atoms with Crippen LogP contribution in [0.2, 0.25) is 0 Å². The maximum Gasteiger partial charge on any atom is 0.294 e. The number of hydrogen-bond acceptors (Lipinski definition) is 7. The molecule has 0 saturated carbocycles. The average Bonchev–Trinajstić information content (AvgIpc) is 3.43. The van der Waals surface area contributed by atoms with Crippen molar-refractivity contribution in [2.45, 2.75) is 11.8 Å². The number of anilines is 1. The van der Waals surface area contributed by atoms with Crippen molar-refractivity contribution in [2.75, 3.05) is 12.4 Å². The number of H-pyrrole nitrogens is 1. The lowest BCUT2D eigenvalue weighted by Gasteiger charge is -2.13. The van der Waals surface area contributed by atoms with Gasteiger partial charge in [-0.15, -0.1) is 10.2 Å². The van der Waals surface area contributed by atoms with Gasteiger partial charge in [0, 0.05) is 32.7 Å². The Morgan fingerprint density at radius 2 is 1.65 bits per heavy atom. The van der Waals surface area contributed by atoms with E-state index in [9.17, 15) is 22.9 Å². The van der Waals surface area contributed by atoms with Gasteiger partial charge in [-0.1, -0.05) is 48.5 Å². The summed E-state index contributed by atoms with van der Waals surface area (Å²) >= 11 is 0. The lowest BCUT2D eigenvalue weighted by Crippen LogP contribution is -2.13. The second-order valence-corrected chi connectivity index (χ2v) is 12.3. The fourth-order valence-corrected chi connectivity index (χ4v) is 6.24. The standard InChI is InChI=1S/C35H26N4O6S/c1-19-16-22(45-2)12-15-28(19)37-35(41)27-17-21-11-14-25-24-7-3-4-8-29(24)36-32(25)31(21)33(34(27)40)39-38-30-9-5-6-20-10-13-23(18-26(20)30)46(42,43)44/h3-18,36,40H,1-2H3,(H,37,41)(H,42,43,44). The van der Waals surface area contributed by atoms with Crippen molar-refractivity contribution in [3.05, 3.63) is 108 Å². The number of aryl methyl sites for hydroxylation is 1. The van der Waals surface area contributed by atoms with E-state index in [2.05, 4.69) is 20.5 Å². The van der Waals surface area contributed by atoms with Crippen LogP contribution in [-0.4, -0.2) is 36.1 Å². The van der Waals surface area contributed by atoms with E-state index in [4.69, 9.17) is 4.74 Å². The Morgan fingerprint density at radius 3 is 2.43 bits per heavy atom. The summed E-state index contributed by atoms with van der Waals surface area (Å²) in [5.74, 6) is -0.292. The van der Waals surface area contributed by atoms with Gasteiger partial charge in [0.15, 0.2) is 5.75 Å². The van der Waals surface area contributed by atoms with Crippen LogP contribution in [0.3, 0.4) is 0 Å². The highest BCUT2D eigenvalue weighted by Gasteiger charge is 2.22. The zero-order chi connectivity index (χ0) is 32.2. The summed E-state index contributed by atoms with van der Waals surface area (Å²) in [4.78, 5) is 16.8. The van der Waals surface area contributed by atoms with E-state index in [1.807, 2.05) is 43.3 Å². The number of hydrogen-bond donors (Lipinski definition) is 4. The number of para-hydroxylation sites is 1. The number of aromatic hydroxyl groups is 1. The molecular weight excluding hydrogens is 604 g/mol. The number of carbonyl (C=O) groups excluding carboxylic acids is 1. The Morgan fingerprint density at radius 1 is 0.848 bits per heavy atom. The van der Waals surface area contributed by atoms with Gasteiger partial charge in [-0.25, -0.2) is 0 Å². The third-order valence-electron chi connectivity index (χ3n) is 8.04. The Balaban J connectivity index is 1.44. The van der Waals surface area contributed by atoms with Crippen LogP contribution >= 0.6 is 0 Å². The SMILES string of the molecule is COc1ccc(NC(=O)c2cc3ccc4c5ccccc5[nH]c4c3c(N=Nc3cccc4ccc(S(=O)(=O)O)cc34)c2O)c(C)c1. The summed E-state index contributed by atoms with van der Waals surface area (Å²) in [7, 11) is -2.91. The number of nitrogens with zero attached hydrogens (tertiary/aromatic N) is 2. The van der Waals surface area contributed by atoms with E-state index < -0.39 is 16.0 Å². The smallest absolute Gasteiger partial charge is 0.294 e. The van der Waals surface area contributed by atoms with Crippen LogP contribution in [-0.2, 0) is 10.1 Å². The van der Waals surface area contributed by atoms with Crippen LogP contribution in [0, 0.1) is 6.92 Å². The number of benzene rings is 6. The highest BCUT2D eigenvalue weighted by atomic mass is 32.2. The van der Waals surface area contributed by atoms with Gasteiger partial charge in [-0.3, -0.25) is 9.35 Å². The lowest BCUT2D eigenvalue weighted by atomic mass is 10.00. The van der Waals surface area contributed by atoms with Gasteiger partial charge in [0.25, 0.3) is 16.0 Å². The number of amides is 1. The molecule has 0 fully saturated rings. The van der Waals surface area contributed by atoms with Crippen molar-refractivity contribution in [1.82, 2.24) is 4.98 Å². The van der Waals surface area contributed by atoms with Crippen molar-refractivity contribution < 1.29 is 27.6 Å². The third kappa shape index (κ3) is 4.97. The number of azo groups is 1. The molecule has 7 rings (SSSR count). The molecule has 0 bridgehead atoms. The van der Waals surface area contributed by atoms with Crippen LogP contribution in [0.5, 0.6) is 11.5 Å². The molecule has 46 heavy (non-hydrogen) atoms. The minimum Gasteiger partial charge on any atom is -0.505 e. The number of aromatic nitrogens is 1. The summed E-state index contributed by atoms with van der Waals surface area (Å²) in [5, 5.41) is 27.7. The molecule has 1 heterocycles. The highest BCUT2D eigenvalue weighted by Crippen LogP contribution is 2.44. The van der Waals surface area contributed by atoms with Gasteiger partial charge in [0.1, 0.15) is 11.4 Å². The number of rotatable bonds is 6. The van der Waals surface area contributed by atoms with Gasteiger partial charge in [0.05, 0.1) is 28.8 Å². The summed E-state index contributed by atoms with van der Waals surface area (Å²) in [6, 6.07) is 27.8. The molecule has 0 aliphatic rings. The van der Waals surface area contributed by atoms with Crippen molar-refractivity contribution in [1.29, 1.82) is 0 Å². The number of phenolic OH excluding ortho intramolecular Hbond substituents is 1. The van der Waals surface area contributed by atoms with Crippen molar-refractivity contribution in [3.8, 4) is 11.5 Å². The molecule has 0 spiro atoms. The number of ether oxygens (including phenoxy) is 1. The number of phenols is 1. The summed E-state index contributed by atoms with van der Waals surface area (Å²) in [5.41, 5.74) is 3.23. The predicted octanol–water partition coefficient (Wildman–Crippen LogP) is 8.56. The fourth-order valence-electron chi connectivity index (χ4n) is 5.73. The Hall–Kier alpha value is -5.78. The van der Waals surface area contributed by atoms with E-state index in [1.165, 1.54) is 12.1 Å². The fraction of sp³-hybridized carbons (Fsp3) is 0.0571. The first-order valence-corrected chi connectivity index (χ1v) is 15.6. The van der Waals surface area contributed by atoms with Crippen LogP contribution in [0.4, 0.5) is 17.1 Å². The van der Waals surface area contributed by atoms with Gasteiger partial charge >= 0.3 is 0 Å². The molecule has 6 aromatic carbocycles. The molecule has 1 aromatic heterocycles. The molecule has 11 heteroatoms. The molecule has 1 amide bonds. The topological polar surface area (TPSA) is 153 Å². The Labute approximate surface area is 262 Å². The molecule has 0 unspecified atom stereocenters. The molecule has 228 valence electrons. The first kappa shape index (κ1) is 29.0. The van der Waals surface area contributed by atoms with Crippen molar-refractivity contribution >= 4 is 76.4 Å². The van der Waals surface area contributed by atoms with Gasteiger partial charge < -0.3 is 20.1 Å². The van der Waals surface area contributed by atoms with Gasteiger partial charge in [-0.2, -0.15) is 8.42 Å². The minimum atomic E-state index is -4.47. The summed E-state index contributed by atoms with van der Waals surface area (Å²) < 4.78 is 38.6. The first-order chi connectivity index (χ1) is 22.1. The van der Waals surface area contributed by atoms with Crippen LogP contribution in [0.25, 0.3) is 43.4 Å². The van der Waals surface area contributed by atoms with E-state index in [0.717, 1.165) is 21.9 Å². The highest BCUT2D eigenvalue weighted by molar-refractivity contribution is 7.85. The largest absolute Gasteiger partial charge is 0.505 e. The maximum absolute atomic E-state index is 13.7. The van der Waals surface area contributed by atoms with Gasteiger partial charge in [0.2, 0.25) is 0 Å². The first-order valence-electron chi connectivity index (χ1n) is 14.2. The number of methoxy groups -OCH3 is 1. The Kier molecular flexibility index (Phi) is 6.92. The minimum absolute atomic E-state index is 0.0151. The molecule has 4 N–H and O–H groups in total. The lowest BCUT2D eigenvalue weighted by molar-refractivity contribution is 0.102. The number of aromatic amines is 1. The Bertz CT molecular complexity index is 2520. The van der Waals surface area contributed by atoms with Crippen LogP contribution < -0.4 is 10.1 Å². The molecule has 7 aromatic rings. The number of fused-ring (bicyclic) bond motifs is 6. The summed E-state index contributed by atoms with van der Waals surface area (Å²) in [6.07, 6.45) is 0. The van der Waals surface area contributed by atoms with Crippen molar-refractivity contribution in [3.63, 3.8) is 0 Å². The zero-order valence-electron chi connectivity index (χ0n) is 24.6. The molecule has 0 atom stereocenters. The monoisotopic (exact) mass is 630 g/mol. The number of nitrogens with one attached hydrogen (secondary N) is 2. The quantitative estimate of drug-likeness (QED) is 0.107. The van der Waals surface area contributed by atoms with E-state index in [1.54, 1.807) is 55.6 Å². The van der Waals surface area contributed by atoms with Crippen LogP contribution in [0.15, 0.2) is 112 Å². The van der Waals surface area contributed by atoms with Crippen molar-refractivity contribution in [2.24, 2.45) is 10.2 Å². The second-order valence-electron chi connectivity index (χ2n) is 10.8. The van der Waals surface area contributed by atoms with E-state index >= 15 is 0 Å². The van der Waals surface area contributed by atoms with Crippen LogP contribution in [0.1, 0.15) is 15.9 Å². The van der Waals surface area contributed by atoms with E-state index in [0.29, 0.717) is 44.2 Å². The molecule has 0 aliphatic heterocycles. The van der Waals surface area contributed by atoms with Gasteiger partial charge in [-0.05, 0) is 71.8 Å². The normalized spacial score (nSPS) is 12.1. The third-order valence-corrected chi connectivity index (χ3v) is 8.89.